The summed E-state index contributed by atoms with van der Waals surface area (Å²) in [5, 5.41) is 11.8. The van der Waals surface area contributed by atoms with Gasteiger partial charge in [-0.3, -0.25) is 14.5 Å². The number of halogens is 1. The number of hydrogen-bond acceptors (Lipinski definition) is 4. The van der Waals surface area contributed by atoms with Gasteiger partial charge in [-0.05, 0) is 48.2 Å². The highest BCUT2D eigenvalue weighted by atomic mass is 35.5. The number of allylic oxidation sites excluding steroid dienone is 2. The molecule has 1 aliphatic heterocycles. The molecule has 0 N–H and O–H groups in total. The molecule has 1 atom stereocenters. The van der Waals surface area contributed by atoms with Crippen molar-refractivity contribution in [3.63, 3.8) is 0 Å². The molecule has 0 spiro atoms. The first-order valence-corrected chi connectivity index (χ1v) is 9.49. The Labute approximate surface area is 167 Å². The van der Waals surface area contributed by atoms with Gasteiger partial charge < -0.3 is 9.90 Å². The molecule has 1 amide bonds. The van der Waals surface area contributed by atoms with E-state index in [1.165, 1.54) is 17.0 Å². The molecule has 0 saturated heterocycles. The fraction of sp³-hybridized carbons (Fsp3) is 0.227. The maximum Gasteiger partial charge on any atom is 0.232 e. The summed E-state index contributed by atoms with van der Waals surface area (Å²) in [4.78, 5) is 38.6. The van der Waals surface area contributed by atoms with Gasteiger partial charge in [0.15, 0.2) is 5.78 Å². The SMILES string of the molecule is O=C1CCCC2=C1[C@@H](c1ccc(Cl)cc1)CC(=O)N2c1cccc(C(=O)[O-])c1. The maximum absolute atomic E-state index is 13.1. The van der Waals surface area contributed by atoms with Crippen molar-refractivity contribution in [2.24, 2.45) is 0 Å². The van der Waals surface area contributed by atoms with E-state index in [9.17, 15) is 19.5 Å². The lowest BCUT2D eigenvalue weighted by molar-refractivity contribution is -0.255. The van der Waals surface area contributed by atoms with Gasteiger partial charge in [0, 0.05) is 40.7 Å². The van der Waals surface area contributed by atoms with Crippen LogP contribution in [0.15, 0.2) is 59.8 Å². The van der Waals surface area contributed by atoms with Crippen molar-refractivity contribution in [1.29, 1.82) is 0 Å². The number of carboxylic acids is 1. The highest BCUT2D eigenvalue weighted by Crippen LogP contribution is 2.43. The molecule has 1 aliphatic carbocycles. The number of nitrogens with zero attached hydrogens (tertiary/aromatic N) is 1. The minimum atomic E-state index is -1.31. The van der Waals surface area contributed by atoms with Crippen molar-refractivity contribution in [1.82, 2.24) is 0 Å². The van der Waals surface area contributed by atoms with Crippen molar-refractivity contribution >= 4 is 34.9 Å². The first kappa shape index (κ1) is 18.4. The van der Waals surface area contributed by atoms with E-state index in [1.807, 2.05) is 12.1 Å². The van der Waals surface area contributed by atoms with Crippen LogP contribution in [0.4, 0.5) is 5.69 Å². The number of carbonyl (C=O) groups excluding carboxylic acids is 3. The second-order valence-corrected chi connectivity index (χ2v) is 7.45. The topological polar surface area (TPSA) is 77.5 Å². The Hall–Kier alpha value is -2.92. The molecule has 0 unspecified atom stereocenters. The second-order valence-electron chi connectivity index (χ2n) is 7.01. The lowest BCUT2D eigenvalue weighted by Gasteiger charge is -2.38. The lowest BCUT2D eigenvalue weighted by Crippen LogP contribution is -2.40. The fourth-order valence-electron chi connectivity index (χ4n) is 4.04. The summed E-state index contributed by atoms with van der Waals surface area (Å²) in [6.07, 6.45) is 1.84. The summed E-state index contributed by atoms with van der Waals surface area (Å²) < 4.78 is 0. The van der Waals surface area contributed by atoms with Crippen molar-refractivity contribution in [2.45, 2.75) is 31.6 Å². The van der Waals surface area contributed by atoms with Gasteiger partial charge >= 0.3 is 0 Å². The molecule has 6 heteroatoms. The summed E-state index contributed by atoms with van der Waals surface area (Å²) in [6.45, 7) is 0. The first-order chi connectivity index (χ1) is 13.5. The van der Waals surface area contributed by atoms with Crippen LogP contribution in [0.1, 0.15) is 47.5 Å². The Morgan fingerprint density at radius 1 is 1.07 bits per heavy atom. The van der Waals surface area contributed by atoms with Gasteiger partial charge in [0.2, 0.25) is 5.91 Å². The van der Waals surface area contributed by atoms with Gasteiger partial charge in [0.25, 0.3) is 0 Å². The Bertz CT molecular complexity index is 1010. The Morgan fingerprint density at radius 3 is 2.54 bits per heavy atom. The first-order valence-electron chi connectivity index (χ1n) is 9.12. The van der Waals surface area contributed by atoms with Gasteiger partial charge in [0.1, 0.15) is 0 Å². The number of benzene rings is 2. The Balaban J connectivity index is 1.84. The summed E-state index contributed by atoms with van der Waals surface area (Å²) in [6, 6.07) is 13.3. The van der Waals surface area contributed by atoms with Crippen LogP contribution in [0.2, 0.25) is 5.02 Å². The number of hydrogen-bond donors (Lipinski definition) is 0. The smallest absolute Gasteiger partial charge is 0.232 e. The third-order valence-electron chi connectivity index (χ3n) is 5.29. The highest BCUT2D eigenvalue weighted by Gasteiger charge is 2.39. The quantitative estimate of drug-likeness (QED) is 0.800. The normalized spacial score (nSPS) is 19.6. The van der Waals surface area contributed by atoms with Crippen LogP contribution in [-0.2, 0) is 9.59 Å². The Kier molecular flexibility index (Phi) is 4.77. The van der Waals surface area contributed by atoms with Crippen molar-refractivity contribution < 1.29 is 19.5 Å². The van der Waals surface area contributed by atoms with E-state index in [2.05, 4.69) is 0 Å². The molecule has 0 bridgehead atoms. The van der Waals surface area contributed by atoms with Gasteiger partial charge in [-0.15, -0.1) is 0 Å². The van der Waals surface area contributed by atoms with Gasteiger partial charge in [0.05, 0.1) is 5.97 Å². The molecule has 0 aromatic heterocycles. The maximum atomic E-state index is 13.1. The molecule has 5 nitrogen and oxygen atoms in total. The van der Waals surface area contributed by atoms with Gasteiger partial charge in [-0.1, -0.05) is 35.9 Å². The molecule has 2 aliphatic rings. The third-order valence-corrected chi connectivity index (χ3v) is 5.54. The largest absolute Gasteiger partial charge is 0.545 e. The number of Topliss-reactive ketones (excluding diaryl/α,β-unsaturated/α-hetero) is 1. The van der Waals surface area contributed by atoms with Crippen molar-refractivity contribution in [3.8, 4) is 0 Å². The minimum Gasteiger partial charge on any atom is -0.545 e. The molecule has 0 fully saturated rings. The molecule has 0 saturated carbocycles. The van der Waals surface area contributed by atoms with E-state index in [4.69, 9.17) is 11.6 Å². The van der Waals surface area contributed by atoms with Gasteiger partial charge in [-0.25, -0.2) is 0 Å². The monoisotopic (exact) mass is 394 g/mol. The number of ketones is 1. The standard InChI is InChI=1S/C22H18ClNO4/c23-15-9-7-13(8-10-15)17-12-20(26)24(18-5-2-6-19(25)21(17)18)16-4-1-3-14(11-16)22(27)28/h1,3-4,7-11,17H,2,5-6,12H2,(H,27,28)/p-1/t17-/m1/s1. The van der Waals surface area contributed by atoms with Crippen LogP contribution in [-0.4, -0.2) is 17.7 Å². The van der Waals surface area contributed by atoms with E-state index in [1.54, 1.807) is 24.3 Å². The zero-order valence-electron chi connectivity index (χ0n) is 15.0. The summed E-state index contributed by atoms with van der Waals surface area (Å²) in [5.41, 5.74) is 2.64. The van der Waals surface area contributed by atoms with Crippen molar-refractivity contribution in [2.75, 3.05) is 4.90 Å². The van der Waals surface area contributed by atoms with E-state index < -0.39 is 5.97 Å². The lowest BCUT2D eigenvalue weighted by atomic mass is 9.77. The van der Waals surface area contributed by atoms with E-state index >= 15 is 0 Å². The fourth-order valence-corrected chi connectivity index (χ4v) is 4.17. The molecular formula is C22H17ClNO4-. The highest BCUT2D eigenvalue weighted by molar-refractivity contribution is 6.30. The van der Waals surface area contributed by atoms with Crippen LogP contribution in [0.25, 0.3) is 0 Å². The number of amides is 1. The molecule has 1 heterocycles. The average Bonchev–Trinajstić information content (AvgIpc) is 2.68. The molecule has 142 valence electrons. The zero-order chi connectivity index (χ0) is 19.8. The molecular weight excluding hydrogens is 378 g/mol. The van der Waals surface area contributed by atoms with E-state index in [-0.39, 0.29) is 29.6 Å². The third kappa shape index (κ3) is 3.22. The molecule has 28 heavy (non-hydrogen) atoms. The van der Waals surface area contributed by atoms with Crippen molar-refractivity contribution in [3.05, 3.63) is 76.0 Å². The number of carbonyl (C=O) groups is 3. The van der Waals surface area contributed by atoms with Gasteiger partial charge in [-0.2, -0.15) is 0 Å². The van der Waals surface area contributed by atoms with Crippen LogP contribution >= 0.6 is 11.6 Å². The number of carboxylic acid groups (broad SMARTS) is 1. The summed E-state index contributed by atoms with van der Waals surface area (Å²) in [7, 11) is 0. The average molecular weight is 395 g/mol. The Morgan fingerprint density at radius 2 is 1.82 bits per heavy atom. The number of rotatable bonds is 3. The number of anilines is 1. The zero-order valence-corrected chi connectivity index (χ0v) is 15.7. The summed E-state index contributed by atoms with van der Waals surface area (Å²) in [5.74, 6) is -1.74. The van der Waals surface area contributed by atoms with Crippen LogP contribution < -0.4 is 10.0 Å². The van der Waals surface area contributed by atoms with Crippen LogP contribution in [0.5, 0.6) is 0 Å². The molecule has 2 aromatic carbocycles. The molecule has 2 aromatic rings. The minimum absolute atomic E-state index is 0.00518. The van der Waals surface area contributed by atoms with Crippen LogP contribution in [0, 0.1) is 0 Å². The predicted molar refractivity (Wildman–Crippen MR) is 103 cm³/mol. The van der Waals surface area contributed by atoms with Crippen LogP contribution in [0.3, 0.4) is 0 Å². The molecule has 4 rings (SSSR count). The van der Waals surface area contributed by atoms with E-state index in [0.29, 0.717) is 41.2 Å². The van der Waals surface area contributed by atoms with E-state index in [0.717, 1.165) is 5.56 Å². The second kappa shape index (κ2) is 7.24. The number of aromatic carboxylic acids is 1. The molecule has 0 radical (unpaired) electrons. The summed E-state index contributed by atoms with van der Waals surface area (Å²) >= 11 is 5.98. The predicted octanol–water partition coefficient (Wildman–Crippen LogP) is 3.23.